The first-order chi connectivity index (χ1) is 10.4. The maximum absolute atomic E-state index is 12.0. The standard InChI is InChI=1S/C15H18ClN3O3/c1-15(2,3)21-14(20)18-12(10-7-5-4-6-8-10)13-17-11(9-16)22-19-13/h4-8,12H,9H2,1-3H3,(H,18,20)/t12-/m1/s1. The van der Waals surface area contributed by atoms with Crippen molar-refractivity contribution < 1.29 is 14.1 Å². The van der Waals surface area contributed by atoms with E-state index in [1.165, 1.54) is 0 Å². The van der Waals surface area contributed by atoms with Gasteiger partial charge >= 0.3 is 6.09 Å². The summed E-state index contributed by atoms with van der Waals surface area (Å²) in [7, 11) is 0. The van der Waals surface area contributed by atoms with Gasteiger partial charge in [0.1, 0.15) is 17.5 Å². The summed E-state index contributed by atoms with van der Waals surface area (Å²) in [5, 5.41) is 6.63. The van der Waals surface area contributed by atoms with E-state index in [-0.39, 0.29) is 5.88 Å². The predicted octanol–water partition coefficient (Wildman–Crippen LogP) is 3.42. The van der Waals surface area contributed by atoms with E-state index in [0.29, 0.717) is 11.7 Å². The Bertz CT molecular complexity index is 622. The number of benzene rings is 1. The fourth-order valence-corrected chi connectivity index (χ4v) is 1.92. The lowest BCUT2D eigenvalue weighted by Crippen LogP contribution is -2.35. The number of rotatable bonds is 4. The van der Waals surface area contributed by atoms with Gasteiger partial charge in [0.05, 0.1) is 0 Å². The van der Waals surface area contributed by atoms with E-state index in [4.69, 9.17) is 20.9 Å². The molecule has 0 aliphatic carbocycles. The van der Waals surface area contributed by atoms with Crippen LogP contribution in [-0.4, -0.2) is 21.8 Å². The van der Waals surface area contributed by atoms with E-state index < -0.39 is 17.7 Å². The summed E-state index contributed by atoms with van der Waals surface area (Å²) in [6, 6.07) is 8.76. The minimum absolute atomic E-state index is 0.112. The molecule has 1 aromatic heterocycles. The molecule has 0 aliphatic heterocycles. The monoisotopic (exact) mass is 323 g/mol. The second-order valence-corrected chi connectivity index (χ2v) is 5.94. The smallest absolute Gasteiger partial charge is 0.408 e. The third-order valence-corrected chi connectivity index (χ3v) is 2.88. The highest BCUT2D eigenvalue weighted by atomic mass is 35.5. The summed E-state index contributed by atoms with van der Waals surface area (Å²) in [4.78, 5) is 16.2. The van der Waals surface area contributed by atoms with Crippen LogP contribution >= 0.6 is 11.6 Å². The molecule has 1 atom stereocenters. The highest BCUT2D eigenvalue weighted by molar-refractivity contribution is 6.16. The van der Waals surface area contributed by atoms with Gasteiger partial charge in [0.15, 0.2) is 5.82 Å². The summed E-state index contributed by atoms with van der Waals surface area (Å²) in [6.07, 6.45) is -0.557. The Kier molecular flexibility index (Phi) is 5.03. The molecular formula is C15H18ClN3O3. The molecule has 2 aromatic rings. The molecule has 0 saturated heterocycles. The van der Waals surface area contributed by atoms with Crippen LogP contribution in [0.3, 0.4) is 0 Å². The van der Waals surface area contributed by atoms with Crippen LogP contribution < -0.4 is 5.32 Å². The number of ether oxygens (including phenoxy) is 1. The van der Waals surface area contributed by atoms with Gasteiger partial charge in [-0.05, 0) is 26.3 Å². The summed E-state index contributed by atoms with van der Waals surface area (Å²) in [6.45, 7) is 5.39. The van der Waals surface area contributed by atoms with Crippen LogP contribution in [0.5, 0.6) is 0 Å². The molecule has 6 nitrogen and oxygen atoms in total. The zero-order valence-corrected chi connectivity index (χ0v) is 13.4. The fourth-order valence-electron chi connectivity index (χ4n) is 1.81. The minimum Gasteiger partial charge on any atom is -0.444 e. The van der Waals surface area contributed by atoms with Crippen molar-refractivity contribution >= 4 is 17.7 Å². The van der Waals surface area contributed by atoms with Gasteiger partial charge in [-0.2, -0.15) is 4.98 Å². The normalized spacial score (nSPS) is 12.7. The number of carbonyl (C=O) groups is 1. The van der Waals surface area contributed by atoms with E-state index >= 15 is 0 Å². The van der Waals surface area contributed by atoms with Crippen molar-refractivity contribution in [3.05, 3.63) is 47.6 Å². The minimum atomic E-state index is -0.593. The molecule has 0 fully saturated rings. The van der Waals surface area contributed by atoms with Crippen molar-refractivity contribution in [1.29, 1.82) is 0 Å². The quantitative estimate of drug-likeness (QED) is 0.872. The van der Waals surface area contributed by atoms with E-state index in [0.717, 1.165) is 5.56 Å². The molecule has 0 saturated carbocycles. The third kappa shape index (κ3) is 4.46. The van der Waals surface area contributed by atoms with Gasteiger partial charge < -0.3 is 14.6 Å². The van der Waals surface area contributed by atoms with Crippen LogP contribution in [-0.2, 0) is 10.6 Å². The zero-order chi connectivity index (χ0) is 16.2. The molecule has 0 unspecified atom stereocenters. The Labute approximate surface area is 133 Å². The Hall–Kier alpha value is -2.08. The Morgan fingerprint density at radius 1 is 1.36 bits per heavy atom. The summed E-state index contributed by atoms with van der Waals surface area (Å²) >= 11 is 5.68. The molecule has 1 N–H and O–H groups in total. The number of alkyl carbamates (subject to hydrolysis) is 1. The second kappa shape index (κ2) is 6.79. The lowest BCUT2D eigenvalue weighted by atomic mass is 10.1. The lowest BCUT2D eigenvalue weighted by Gasteiger charge is -2.22. The molecule has 2 rings (SSSR count). The van der Waals surface area contributed by atoms with Gasteiger partial charge in [-0.25, -0.2) is 4.79 Å². The van der Waals surface area contributed by atoms with Crippen molar-refractivity contribution in [2.24, 2.45) is 0 Å². The predicted molar refractivity (Wildman–Crippen MR) is 81.5 cm³/mol. The van der Waals surface area contributed by atoms with Gasteiger partial charge in [-0.1, -0.05) is 35.5 Å². The topological polar surface area (TPSA) is 77.2 Å². The van der Waals surface area contributed by atoms with Gasteiger partial charge in [0, 0.05) is 0 Å². The number of carbonyl (C=O) groups excluding carboxylic acids is 1. The van der Waals surface area contributed by atoms with E-state index in [1.54, 1.807) is 20.8 Å². The SMILES string of the molecule is CC(C)(C)OC(=O)N[C@H](c1ccccc1)c1noc(CCl)n1. The number of halogens is 1. The molecule has 118 valence electrons. The molecule has 22 heavy (non-hydrogen) atoms. The number of nitrogens with zero attached hydrogens (tertiary/aromatic N) is 2. The van der Waals surface area contributed by atoms with E-state index in [9.17, 15) is 4.79 Å². The molecule has 0 spiro atoms. The lowest BCUT2D eigenvalue weighted by molar-refractivity contribution is 0.0510. The van der Waals surface area contributed by atoms with Crippen LogP contribution in [0.2, 0.25) is 0 Å². The van der Waals surface area contributed by atoms with Crippen molar-refractivity contribution in [2.45, 2.75) is 38.3 Å². The Balaban J connectivity index is 2.24. The number of amides is 1. The fraction of sp³-hybridized carbons (Fsp3) is 0.400. The van der Waals surface area contributed by atoms with Crippen LogP contribution in [0, 0.1) is 0 Å². The van der Waals surface area contributed by atoms with Crippen molar-refractivity contribution in [2.75, 3.05) is 0 Å². The summed E-state index contributed by atoms with van der Waals surface area (Å²) < 4.78 is 10.3. The first-order valence-corrected chi connectivity index (χ1v) is 7.35. The molecule has 7 heteroatoms. The first kappa shape index (κ1) is 16.3. The van der Waals surface area contributed by atoms with Gasteiger partial charge in [-0.15, -0.1) is 11.6 Å². The van der Waals surface area contributed by atoms with E-state index in [2.05, 4.69) is 15.5 Å². The van der Waals surface area contributed by atoms with Crippen LogP contribution in [0.25, 0.3) is 0 Å². The van der Waals surface area contributed by atoms with Gasteiger partial charge in [-0.3, -0.25) is 0 Å². The number of alkyl halides is 1. The van der Waals surface area contributed by atoms with Crippen LogP contribution in [0.4, 0.5) is 4.79 Å². The van der Waals surface area contributed by atoms with Gasteiger partial charge in [0.2, 0.25) is 5.89 Å². The highest BCUT2D eigenvalue weighted by Crippen LogP contribution is 2.20. The highest BCUT2D eigenvalue weighted by Gasteiger charge is 2.25. The maximum Gasteiger partial charge on any atom is 0.408 e. The number of hydrogen-bond acceptors (Lipinski definition) is 5. The van der Waals surface area contributed by atoms with Crippen LogP contribution in [0.15, 0.2) is 34.9 Å². The molecule has 0 radical (unpaired) electrons. The second-order valence-electron chi connectivity index (χ2n) is 5.67. The van der Waals surface area contributed by atoms with Crippen molar-refractivity contribution in [3.8, 4) is 0 Å². The van der Waals surface area contributed by atoms with Gasteiger partial charge in [0.25, 0.3) is 0 Å². The molecular weight excluding hydrogens is 306 g/mol. The average molecular weight is 324 g/mol. The molecule has 0 aliphatic rings. The maximum atomic E-state index is 12.0. The van der Waals surface area contributed by atoms with E-state index in [1.807, 2.05) is 30.3 Å². The largest absolute Gasteiger partial charge is 0.444 e. The summed E-state index contributed by atoms with van der Waals surface area (Å²) in [5.41, 5.74) is 0.222. The third-order valence-electron chi connectivity index (χ3n) is 2.65. The summed E-state index contributed by atoms with van der Waals surface area (Å²) in [5.74, 6) is 0.734. The first-order valence-electron chi connectivity index (χ1n) is 6.82. The Morgan fingerprint density at radius 2 is 2.05 bits per heavy atom. The molecule has 1 amide bonds. The number of nitrogens with one attached hydrogen (secondary N) is 1. The van der Waals surface area contributed by atoms with Crippen molar-refractivity contribution in [3.63, 3.8) is 0 Å². The Morgan fingerprint density at radius 3 is 2.59 bits per heavy atom. The number of aromatic nitrogens is 2. The zero-order valence-electron chi connectivity index (χ0n) is 12.7. The molecule has 1 heterocycles. The number of hydrogen-bond donors (Lipinski definition) is 1. The average Bonchev–Trinajstić information content (AvgIpc) is 2.92. The van der Waals surface area contributed by atoms with Crippen LogP contribution in [0.1, 0.15) is 44.1 Å². The van der Waals surface area contributed by atoms with Crippen molar-refractivity contribution in [1.82, 2.24) is 15.5 Å². The molecule has 1 aromatic carbocycles. The molecule has 0 bridgehead atoms.